The molecule has 0 amide bonds. The Morgan fingerprint density at radius 1 is 0.189 bits per heavy atom. The maximum Gasteiger partial charge on any atom is 0.248 e. The quantitative estimate of drug-likeness (QED) is 0.0995. The molecule has 0 fully saturated rings. The first kappa shape index (κ1) is 52.8. The molecule has 2 aliphatic rings. The molecule has 0 saturated heterocycles. The van der Waals surface area contributed by atoms with Crippen molar-refractivity contribution in [3.63, 3.8) is 0 Å². The molecule has 418 valence electrons. The van der Waals surface area contributed by atoms with Gasteiger partial charge >= 0.3 is 0 Å². The normalized spacial score (nSPS) is 12.4. The minimum absolute atomic E-state index is 0.200. The van der Waals surface area contributed by atoms with E-state index in [1.807, 2.05) is 0 Å². The molecule has 0 unspecified atom stereocenters. The average Bonchev–Trinajstić information content (AvgIpc) is 0.737. The van der Waals surface area contributed by atoms with Crippen molar-refractivity contribution in [2.75, 3.05) is 9.80 Å². The lowest BCUT2D eigenvalue weighted by Crippen LogP contribution is -2.62. The summed E-state index contributed by atoms with van der Waals surface area (Å²) in [6.07, 6.45) is 0. The summed E-state index contributed by atoms with van der Waals surface area (Å²) >= 11 is 0. The van der Waals surface area contributed by atoms with Crippen LogP contribution in [-0.4, -0.2) is 13.4 Å². The predicted octanol–water partition coefficient (Wildman–Crippen LogP) is 18.6. The van der Waals surface area contributed by atoms with E-state index in [4.69, 9.17) is 0 Å². The van der Waals surface area contributed by atoms with Crippen LogP contribution in [0.4, 0.5) is 34.1 Å². The SMILES string of the molecule is c1ccc(-c2cccc(-c3ccccc3)c2B2c3ccccc3N(c3ccccc3)c3cc4c(cc32)B(c2c(-c3ccccc3)cccc2-c2ccccc2)c2ccccc2N4c2ccc(-c3c4ccccc4c(-c4ccccc4)c4ccccc34)cc2)cc1. The Hall–Kier alpha value is -11.5. The minimum Gasteiger partial charge on any atom is -0.311 e. The van der Waals surface area contributed by atoms with Crippen LogP contribution in [0.1, 0.15) is 0 Å². The van der Waals surface area contributed by atoms with Crippen LogP contribution in [-0.2, 0) is 0 Å². The van der Waals surface area contributed by atoms with Crippen molar-refractivity contribution in [3.8, 4) is 66.8 Å². The first-order chi connectivity index (χ1) is 44.7. The number of hydrogen-bond acceptors (Lipinski definition) is 2. The van der Waals surface area contributed by atoms with Crippen molar-refractivity contribution in [1.29, 1.82) is 0 Å². The van der Waals surface area contributed by atoms with E-state index in [-0.39, 0.29) is 13.4 Å². The first-order valence-corrected chi connectivity index (χ1v) is 31.3. The Bertz CT molecular complexity index is 5000. The van der Waals surface area contributed by atoms with Crippen molar-refractivity contribution in [2.24, 2.45) is 0 Å². The number of anilines is 6. The second-order valence-corrected chi connectivity index (χ2v) is 23.7. The van der Waals surface area contributed by atoms with Crippen LogP contribution in [0.25, 0.3) is 88.3 Å². The van der Waals surface area contributed by atoms with E-state index in [1.165, 1.54) is 121 Å². The van der Waals surface area contributed by atoms with Crippen LogP contribution in [0.15, 0.2) is 352 Å². The van der Waals surface area contributed by atoms with E-state index in [0.29, 0.717) is 0 Å². The van der Waals surface area contributed by atoms with Crippen LogP contribution in [0.5, 0.6) is 0 Å². The van der Waals surface area contributed by atoms with Crippen molar-refractivity contribution < 1.29 is 0 Å². The summed E-state index contributed by atoms with van der Waals surface area (Å²) in [5.74, 6) is 0. The summed E-state index contributed by atoms with van der Waals surface area (Å²) < 4.78 is 0. The summed E-state index contributed by atoms with van der Waals surface area (Å²) in [6.45, 7) is -0.417. The van der Waals surface area contributed by atoms with Gasteiger partial charge in [0.15, 0.2) is 0 Å². The highest BCUT2D eigenvalue weighted by molar-refractivity contribution is 7.02. The largest absolute Gasteiger partial charge is 0.311 e. The minimum atomic E-state index is -0.217. The van der Waals surface area contributed by atoms with Gasteiger partial charge in [-0.05, 0) is 153 Å². The molecule has 0 atom stereocenters. The summed E-state index contributed by atoms with van der Waals surface area (Å²) in [4.78, 5) is 5.10. The Kier molecular flexibility index (Phi) is 13.1. The molecule has 0 N–H and O–H groups in total. The third-order valence-electron chi connectivity index (χ3n) is 18.8. The monoisotopic (exact) mass is 1140 g/mol. The molecule has 17 rings (SSSR count). The number of para-hydroxylation sites is 3. The van der Waals surface area contributed by atoms with Crippen molar-refractivity contribution in [3.05, 3.63) is 352 Å². The molecule has 15 aromatic carbocycles. The highest BCUT2D eigenvalue weighted by Gasteiger charge is 2.44. The van der Waals surface area contributed by atoms with Gasteiger partial charge in [-0.1, -0.05) is 320 Å². The van der Waals surface area contributed by atoms with Crippen molar-refractivity contribution in [1.82, 2.24) is 0 Å². The molecule has 0 spiro atoms. The maximum atomic E-state index is 2.64. The number of benzene rings is 15. The van der Waals surface area contributed by atoms with E-state index in [2.05, 4.69) is 362 Å². The van der Waals surface area contributed by atoms with Crippen LogP contribution in [0.2, 0.25) is 0 Å². The molecule has 0 aliphatic carbocycles. The summed E-state index contributed by atoms with van der Waals surface area (Å²) in [5.41, 5.74) is 28.8. The van der Waals surface area contributed by atoms with Crippen LogP contribution in [0, 0.1) is 0 Å². The highest BCUT2D eigenvalue weighted by atomic mass is 15.2. The fourth-order valence-corrected chi connectivity index (χ4v) is 15.0. The molecule has 0 aromatic heterocycles. The van der Waals surface area contributed by atoms with E-state index >= 15 is 0 Å². The zero-order chi connectivity index (χ0) is 59.5. The lowest BCUT2D eigenvalue weighted by atomic mass is 9.30. The van der Waals surface area contributed by atoms with Crippen LogP contribution < -0.4 is 42.6 Å². The van der Waals surface area contributed by atoms with Gasteiger partial charge in [0, 0.05) is 34.1 Å². The molecule has 0 radical (unpaired) electrons. The Morgan fingerprint density at radius 2 is 0.478 bits per heavy atom. The number of hydrogen-bond donors (Lipinski definition) is 0. The van der Waals surface area contributed by atoms with Gasteiger partial charge in [-0.25, -0.2) is 0 Å². The molecule has 15 aromatic rings. The topological polar surface area (TPSA) is 6.48 Å². The molecule has 0 saturated carbocycles. The zero-order valence-corrected chi connectivity index (χ0v) is 49.5. The van der Waals surface area contributed by atoms with Gasteiger partial charge in [0.25, 0.3) is 0 Å². The zero-order valence-electron chi connectivity index (χ0n) is 49.5. The maximum absolute atomic E-state index is 2.64. The second kappa shape index (κ2) is 22.4. The van der Waals surface area contributed by atoms with E-state index in [1.54, 1.807) is 0 Å². The second-order valence-electron chi connectivity index (χ2n) is 23.7. The summed E-state index contributed by atoms with van der Waals surface area (Å²) in [7, 11) is 0. The average molecular weight is 1140 g/mol. The molecule has 2 aliphatic heterocycles. The fourth-order valence-electron chi connectivity index (χ4n) is 15.0. The van der Waals surface area contributed by atoms with Crippen molar-refractivity contribution >= 4 is 102 Å². The lowest BCUT2D eigenvalue weighted by molar-refractivity contribution is 1.26. The van der Waals surface area contributed by atoms with Crippen LogP contribution >= 0.6 is 0 Å². The molecular weight excluding hydrogens is 1080 g/mol. The lowest BCUT2D eigenvalue weighted by Gasteiger charge is -2.43. The number of nitrogens with zero attached hydrogens (tertiary/aromatic N) is 2. The number of fused-ring (bicyclic) bond motifs is 6. The van der Waals surface area contributed by atoms with E-state index in [9.17, 15) is 0 Å². The smallest absolute Gasteiger partial charge is 0.248 e. The van der Waals surface area contributed by atoms with Gasteiger partial charge in [0.05, 0.1) is 0 Å². The summed E-state index contributed by atoms with van der Waals surface area (Å²) in [5, 5.41) is 4.95. The third-order valence-corrected chi connectivity index (χ3v) is 18.8. The van der Waals surface area contributed by atoms with Gasteiger partial charge in [0.2, 0.25) is 13.4 Å². The third kappa shape index (κ3) is 8.82. The Labute approximate surface area is 527 Å². The number of rotatable bonds is 10. The Morgan fingerprint density at radius 3 is 0.844 bits per heavy atom. The van der Waals surface area contributed by atoms with E-state index in [0.717, 1.165) is 34.1 Å². The summed E-state index contributed by atoms with van der Waals surface area (Å²) in [6, 6.07) is 131. The fraction of sp³-hybridized carbons (Fsp3) is 0. The van der Waals surface area contributed by atoms with E-state index < -0.39 is 0 Å². The molecular formula is C86H58B2N2. The molecule has 90 heavy (non-hydrogen) atoms. The molecule has 0 bridgehead atoms. The van der Waals surface area contributed by atoms with Crippen molar-refractivity contribution in [2.45, 2.75) is 0 Å². The standard InChI is InChI=1S/C86H58B2N2/c1-7-29-59(30-8-1)67-45-27-46-68(60-31-9-2-10-32-60)85(67)87-75-49-23-25-51-79(75)89(65-39-17-6-18-40-65)81-58-82-78(57-77(81)87)88(86-69(61-33-11-3-12-34-61)47-28-48-70(86)62-35-13-4-14-36-62)76-50-24-26-52-80(76)90(82)66-55-53-64(54-56-66)84-73-43-21-19-41-71(73)83(63-37-15-5-16-38-63)72-42-20-22-44-74(72)84/h1-58H. The Balaban J connectivity index is 0.972. The van der Waals surface area contributed by atoms with Gasteiger partial charge in [-0.2, -0.15) is 0 Å². The van der Waals surface area contributed by atoms with Gasteiger partial charge in [-0.3, -0.25) is 0 Å². The van der Waals surface area contributed by atoms with Gasteiger partial charge in [0.1, 0.15) is 0 Å². The predicted molar refractivity (Wildman–Crippen MR) is 386 cm³/mol. The molecule has 2 heterocycles. The van der Waals surface area contributed by atoms with Gasteiger partial charge in [-0.15, -0.1) is 0 Å². The molecule has 2 nitrogen and oxygen atoms in total. The highest BCUT2D eigenvalue weighted by Crippen LogP contribution is 2.47. The molecule has 4 heteroatoms. The first-order valence-electron chi connectivity index (χ1n) is 31.3. The van der Waals surface area contributed by atoms with Crippen LogP contribution in [0.3, 0.4) is 0 Å². The van der Waals surface area contributed by atoms with Gasteiger partial charge < -0.3 is 9.80 Å².